The predicted octanol–water partition coefficient (Wildman–Crippen LogP) is 4.94. The maximum Gasteiger partial charge on any atom is 0.307 e. The van der Waals surface area contributed by atoms with Crippen LogP contribution in [0, 0.1) is 25.5 Å². The smallest absolute Gasteiger partial charge is 0.307 e. The van der Waals surface area contributed by atoms with Crippen LogP contribution < -0.4 is 10.1 Å². The van der Waals surface area contributed by atoms with Crippen molar-refractivity contribution in [2.45, 2.75) is 66.0 Å². The number of aldehydes is 1. The fraction of sp³-hybridized carbons (Fsp3) is 0.375. The SMILES string of the molecule is CC(C)(C)O.CNCc1ccc(F)cc1O.Cc1nc2cc(C=O)nn2c(-c2cc(F)c3c(c2C)CCCO3)c1CC(=O)O. The van der Waals surface area contributed by atoms with Crippen LogP contribution in [0.5, 0.6) is 11.5 Å². The van der Waals surface area contributed by atoms with Gasteiger partial charge in [-0.25, -0.2) is 18.3 Å². The van der Waals surface area contributed by atoms with Gasteiger partial charge in [0.25, 0.3) is 0 Å². The Morgan fingerprint density at radius 3 is 2.45 bits per heavy atom. The molecule has 0 unspecified atom stereocenters. The van der Waals surface area contributed by atoms with Gasteiger partial charge in [-0.05, 0) is 72.2 Å². The Labute approximate surface area is 254 Å². The van der Waals surface area contributed by atoms with E-state index in [1.165, 1.54) is 22.7 Å². The van der Waals surface area contributed by atoms with Crippen LogP contribution in [-0.4, -0.2) is 61.4 Å². The molecule has 10 nitrogen and oxygen atoms in total. The van der Waals surface area contributed by atoms with Gasteiger partial charge >= 0.3 is 5.97 Å². The Balaban J connectivity index is 0.000000273. The van der Waals surface area contributed by atoms with Gasteiger partial charge in [0.15, 0.2) is 23.5 Å². The first-order valence-corrected chi connectivity index (χ1v) is 14.0. The number of carbonyl (C=O) groups excluding carboxylic acids is 1. The fourth-order valence-electron chi connectivity index (χ4n) is 4.65. The summed E-state index contributed by atoms with van der Waals surface area (Å²) in [5, 5.41) is 34.2. The number of nitrogens with one attached hydrogen (secondary N) is 1. The maximum absolute atomic E-state index is 14.8. The van der Waals surface area contributed by atoms with Crippen LogP contribution in [0.4, 0.5) is 8.78 Å². The molecule has 2 aromatic carbocycles. The van der Waals surface area contributed by atoms with Gasteiger partial charge in [0.2, 0.25) is 0 Å². The number of ether oxygens (including phenoxy) is 1. The number of fused-ring (bicyclic) bond motifs is 2. The molecular formula is C32H38F2N4O6. The number of carbonyl (C=O) groups is 2. The molecule has 1 aliphatic heterocycles. The first-order chi connectivity index (χ1) is 20.6. The molecule has 12 heteroatoms. The second-order valence-electron chi connectivity index (χ2n) is 11.3. The van der Waals surface area contributed by atoms with Crippen molar-refractivity contribution in [3.63, 3.8) is 0 Å². The van der Waals surface area contributed by atoms with Gasteiger partial charge < -0.3 is 25.4 Å². The average molecular weight is 613 g/mol. The number of carboxylic acids is 1. The molecule has 236 valence electrons. The van der Waals surface area contributed by atoms with Crippen LogP contribution in [0.25, 0.3) is 16.9 Å². The number of aliphatic carboxylic acids is 1. The fourth-order valence-corrected chi connectivity index (χ4v) is 4.65. The van der Waals surface area contributed by atoms with Crippen molar-refractivity contribution in [3.8, 4) is 22.8 Å². The van der Waals surface area contributed by atoms with E-state index in [0.717, 1.165) is 23.6 Å². The molecule has 5 rings (SSSR count). The average Bonchev–Trinajstić information content (AvgIpc) is 3.35. The lowest BCUT2D eigenvalue weighted by Gasteiger charge is -2.23. The molecule has 0 fully saturated rings. The summed E-state index contributed by atoms with van der Waals surface area (Å²) in [7, 11) is 1.77. The molecule has 0 bridgehead atoms. The minimum atomic E-state index is -1.03. The molecule has 2 aromatic heterocycles. The molecule has 0 aliphatic carbocycles. The molecule has 44 heavy (non-hydrogen) atoms. The number of aliphatic hydroxyl groups is 1. The number of aryl methyl sites for hydroxylation is 1. The largest absolute Gasteiger partial charge is 0.508 e. The van der Waals surface area contributed by atoms with Crippen molar-refractivity contribution < 1.29 is 38.4 Å². The summed E-state index contributed by atoms with van der Waals surface area (Å²) < 4.78 is 34.2. The number of carboxylic acid groups (broad SMARTS) is 1. The van der Waals surface area contributed by atoms with Gasteiger partial charge in [-0.15, -0.1) is 0 Å². The third-order valence-corrected chi connectivity index (χ3v) is 6.48. The van der Waals surface area contributed by atoms with Crippen LogP contribution in [0.15, 0.2) is 30.3 Å². The summed E-state index contributed by atoms with van der Waals surface area (Å²) in [6.45, 7) is 9.80. The highest BCUT2D eigenvalue weighted by Crippen LogP contribution is 2.39. The standard InChI is InChI=1S/C20H18FN3O4.C8H10FNO.C4H10O/c1-10-13-4-3-5-28-20(13)16(21)7-14(10)19-15(8-18(26)27)11(2)22-17-6-12(9-25)23-24(17)19;1-10-5-6-2-3-7(9)4-8(6)11;1-4(2,3)5/h6-7,9H,3-5,8H2,1-2H3,(H,26,27);2-4,10-11H,5H2,1H3;5H,1-3H3. The first kappa shape index (κ1) is 34.1. The van der Waals surface area contributed by atoms with Crippen molar-refractivity contribution in [3.05, 3.63) is 75.6 Å². The van der Waals surface area contributed by atoms with E-state index in [2.05, 4.69) is 15.4 Å². The van der Waals surface area contributed by atoms with E-state index in [0.29, 0.717) is 59.6 Å². The van der Waals surface area contributed by atoms with Crippen LogP contribution in [-0.2, 0) is 24.2 Å². The van der Waals surface area contributed by atoms with Crippen LogP contribution in [0.1, 0.15) is 65.6 Å². The van der Waals surface area contributed by atoms with Crippen LogP contribution >= 0.6 is 0 Å². The second-order valence-corrected chi connectivity index (χ2v) is 11.3. The summed E-state index contributed by atoms with van der Waals surface area (Å²) in [5.41, 5.74) is 4.23. The lowest BCUT2D eigenvalue weighted by molar-refractivity contribution is -0.136. The quantitative estimate of drug-likeness (QED) is 0.222. The molecule has 0 saturated carbocycles. The molecule has 3 heterocycles. The van der Waals surface area contributed by atoms with Crippen molar-refractivity contribution in [2.75, 3.05) is 13.7 Å². The minimum absolute atomic E-state index is 0.000602. The van der Waals surface area contributed by atoms with E-state index in [1.807, 2.05) is 6.92 Å². The predicted molar refractivity (Wildman–Crippen MR) is 161 cm³/mol. The van der Waals surface area contributed by atoms with E-state index >= 15 is 0 Å². The Morgan fingerprint density at radius 2 is 1.86 bits per heavy atom. The highest BCUT2D eigenvalue weighted by atomic mass is 19.1. The normalized spacial score (nSPS) is 12.3. The number of rotatable bonds is 6. The van der Waals surface area contributed by atoms with E-state index in [4.69, 9.17) is 14.9 Å². The van der Waals surface area contributed by atoms with Crippen molar-refractivity contribution in [1.82, 2.24) is 19.9 Å². The lowest BCUT2D eigenvalue weighted by Crippen LogP contribution is -2.14. The molecule has 0 spiro atoms. The van der Waals surface area contributed by atoms with E-state index in [1.54, 1.807) is 40.8 Å². The number of phenols is 1. The van der Waals surface area contributed by atoms with Crippen LogP contribution in [0.3, 0.4) is 0 Å². The maximum atomic E-state index is 14.8. The van der Waals surface area contributed by atoms with Gasteiger partial charge in [0.1, 0.15) is 17.3 Å². The van der Waals surface area contributed by atoms with E-state index < -0.39 is 23.2 Å². The highest BCUT2D eigenvalue weighted by Gasteiger charge is 2.25. The Kier molecular flexibility index (Phi) is 11.1. The molecular weight excluding hydrogens is 574 g/mol. The minimum Gasteiger partial charge on any atom is -0.508 e. The zero-order chi connectivity index (χ0) is 32.8. The summed E-state index contributed by atoms with van der Waals surface area (Å²) in [6, 6.07) is 6.85. The number of phenolic OH excluding ortho intramolecular Hbond substituents is 1. The molecule has 0 atom stereocenters. The molecule has 4 N–H and O–H groups in total. The summed E-state index contributed by atoms with van der Waals surface area (Å²) in [5.74, 6) is -1.69. The third kappa shape index (κ3) is 8.57. The number of aromatic nitrogens is 3. The van der Waals surface area contributed by atoms with Gasteiger partial charge in [-0.2, -0.15) is 5.10 Å². The van der Waals surface area contributed by atoms with E-state index in [9.17, 15) is 23.5 Å². The zero-order valence-electron chi connectivity index (χ0n) is 25.7. The lowest BCUT2D eigenvalue weighted by atomic mass is 9.91. The molecule has 1 aliphatic rings. The van der Waals surface area contributed by atoms with Gasteiger partial charge in [0, 0.05) is 46.6 Å². The molecule has 0 amide bonds. The molecule has 0 radical (unpaired) electrons. The van der Waals surface area contributed by atoms with E-state index in [-0.39, 0.29) is 23.6 Å². The number of nitrogens with zero attached hydrogens (tertiary/aromatic N) is 3. The summed E-state index contributed by atoms with van der Waals surface area (Å²) in [6.07, 6.45) is 1.75. The highest BCUT2D eigenvalue weighted by molar-refractivity contribution is 5.81. The van der Waals surface area contributed by atoms with Gasteiger partial charge in [0.05, 0.1) is 24.3 Å². The molecule has 0 saturated heterocycles. The van der Waals surface area contributed by atoms with Gasteiger partial charge in [-0.1, -0.05) is 6.07 Å². The second kappa shape index (κ2) is 14.4. The number of hydrogen-bond donors (Lipinski definition) is 4. The zero-order valence-corrected chi connectivity index (χ0v) is 25.7. The number of hydrogen-bond acceptors (Lipinski definition) is 8. The van der Waals surface area contributed by atoms with Gasteiger partial charge in [-0.3, -0.25) is 9.59 Å². The topological polar surface area (TPSA) is 146 Å². The third-order valence-electron chi connectivity index (χ3n) is 6.48. The van der Waals surface area contributed by atoms with Crippen LogP contribution in [0.2, 0.25) is 0 Å². The summed E-state index contributed by atoms with van der Waals surface area (Å²) in [4.78, 5) is 27.1. The number of halogens is 2. The molecule has 4 aromatic rings. The Bertz CT molecular complexity index is 1660. The Morgan fingerprint density at radius 1 is 1.18 bits per heavy atom. The monoisotopic (exact) mass is 612 g/mol. The summed E-state index contributed by atoms with van der Waals surface area (Å²) >= 11 is 0. The van der Waals surface area contributed by atoms with Crippen molar-refractivity contribution in [1.29, 1.82) is 0 Å². The number of benzene rings is 2. The Hall–Kier alpha value is -4.42. The number of aromatic hydroxyl groups is 1. The van der Waals surface area contributed by atoms with Crippen molar-refractivity contribution in [2.24, 2.45) is 0 Å². The van der Waals surface area contributed by atoms with Crippen molar-refractivity contribution >= 4 is 17.9 Å². The first-order valence-electron chi connectivity index (χ1n) is 14.0.